The molecule has 0 aliphatic heterocycles. The van der Waals surface area contributed by atoms with Crippen LogP contribution in [-0.4, -0.2) is 29.7 Å². The first-order valence-electron chi connectivity index (χ1n) is 7.18. The third kappa shape index (κ3) is 7.48. The summed E-state index contributed by atoms with van der Waals surface area (Å²) in [6.45, 7) is 11.4. The summed E-state index contributed by atoms with van der Waals surface area (Å²) in [7, 11) is 0. The second kappa shape index (κ2) is 7.62. The number of carbonyl (C=O) groups is 2. The molecule has 0 heterocycles. The highest BCUT2D eigenvalue weighted by Gasteiger charge is 2.38. The van der Waals surface area contributed by atoms with Crippen LogP contribution in [0.25, 0.3) is 0 Å². The molecule has 0 saturated carbocycles. The fourth-order valence-corrected chi connectivity index (χ4v) is 1.95. The van der Waals surface area contributed by atoms with Gasteiger partial charge in [0.05, 0.1) is 6.61 Å². The molecule has 0 aliphatic rings. The van der Waals surface area contributed by atoms with Crippen molar-refractivity contribution in [3.63, 3.8) is 0 Å². The van der Waals surface area contributed by atoms with E-state index in [0.29, 0.717) is 13.0 Å². The third-order valence-electron chi connectivity index (χ3n) is 2.66. The molecule has 5 nitrogen and oxygen atoms in total. The normalized spacial score (nSPS) is 14.8. The van der Waals surface area contributed by atoms with Crippen LogP contribution in [0.4, 0.5) is 0 Å². The standard InChI is InChI=1S/C15H29NO4/c1-7-19-12(17)8-9-15(16,10-11(2)3)13(18)20-14(4,5)6/h11H,7-10,16H2,1-6H3/t15-/m1/s1. The first-order chi connectivity index (χ1) is 9.00. The number of hydrogen-bond acceptors (Lipinski definition) is 5. The van der Waals surface area contributed by atoms with E-state index >= 15 is 0 Å². The molecule has 5 heteroatoms. The first-order valence-corrected chi connectivity index (χ1v) is 7.18. The molecular formula is C15H29NO4. The van der Waals surface area contributed by atoms with Gasteiger partial charge in [-0.25, -0.2) is 0 Å². The second-order valence-corrected chi connectivity index (χ2v) is 6.56. The van der Waals surface area contributed by atoms with E-state index in [1.54, 1.807) is 27.7 Å². The molecule has 0 aliphatic carbocycles. The Balaban J connectivity index is 4.82. The Bertz CT molecular complexity index is 333. The summed E-state index contributed by atoms with van der Waals surface area (Å²) >= 11 is 0. The average Bonchev–Trinajstić information content (AvgIpc) is 2.23. The molecule has 0 unspecified atom stereocenters. The van der Waals surface area contributed by atoms with Gasteiger partial charge in [0.25, 0.3) is 0 Å². The van der Waals surface area contributed by atoms with Crippen molar-refractivity contribution < 1.29 is 19.1 Å². The zero-order valence-electron chi connectivity index (χ0n) is 13.6. The highest BCUT2D eigenvalue weighted by molar-refractivity contribution is 5.82. The van der Waals surface area contributed by atoms with Crippen molar-refractivity contribution >= 4 is 11.9 Å². The zero-order chi connectivity index (χ0) is 16.0. The van der Waals surface area contributed by atoms with Gasteiger partial charge >= 0.3 is 11.9 Å². The summed E-state index contributed by atoms with van der Waals surface area (Å²) in [6, 6.07) is 0. The van der Waals surface area contributed by atoms with Crippen LogP contribution in [0.5, 0.6) is 0 Å². The van der Waals surface area contributed by atoms with Gasteiger partial charge in [0.1, 0.15) is 11.1 Å². The quantitative estimate of drug-likeness (QED) is 0.727. The smallest absolute Gasteiger partial charge is 0.326 e. The van der Waals surface area contributed by atoms with E-state index in [1.165, 1.54) is 0 Å². The summed E-state index contributed by atoms with van der Waals surface area (Å²) in [4.78, 5) is 23.7. The predicted molar refractivity (Wildman–Crippen MR) is 78.1 cm³/mol. The van der Waals surface area contributed by atoms with Crippen LogP contribution in [0.1, 0.15) is 60.8 Å². The Morgan fingerprint density at radius 3 is 2.15 bits per heavy atom. The lowest BCUT2D eigenvalue weighted by Gasteiger charge is -2.32. The maximum atomic E-state index is 12.3. The minimum absolute atomic E-state index is 0.121. The fourth-order valence-electron chi connectivity index (χ4n) is 1.95. The molecule has 0 aromatic rings. The average molecular weight is 287 g/mol. The molecule has 20 heavy (non-hydrogen) atoms. The molecular weight excluding hydrogens is 258 g/mol. The van der Waals surface area contributed by atoms with Crippen molar-refractivity contribution in [3.8, 4) is 0 Å². The van der Waals surface area contributed by atoms with Gasteiger partial charge in [0, 0.05) is 6.42 Å². The highest BCUT2D eigenvalue weighted by atomic mass is 16.6. The second-order valence-electron chi connectivity index (χ2n) is 6.56. The van der Waals surface area contributed by atoms with Gasteiger partial charge in [0.2, 0.25) is 0 Å². The predicted octanol–water partition coefficient (Wildman–Crippen LogP) is 2.42. The number of nitrogens with two attached hydrogens (primary N) is 1. The maximum absolute atomic E-state index is 12.3. The lowest BCUT2D eigenvalue weighted by Crippen LogP contribution is -2.52. The van der Waals surface area contributed by atoms with Gasteiger partial charge in [0.15, 0.2) is 0 Å². The van der Waals surface area contributed by atoms with Gasteiger partial charge in [-0.15, -0.1) is 0 Å². The summed E-state index contributed by atoms with van der Waals surface area (Å²) < 4.78 is 10.3. The molecule has 0 saturated heterocycles. The molecule has 0 spiro atoms. The number of hydrogen-bond donors (Lipinski definition) is 1. The third-order valence-corrected chi connectivity index (χ3v) is 2.66. The number of carbonyl (C=O) groups excluding carboxylic acids is 2. The number of rotatable bonds is 7. The molecule has 0 fully saturated rings. The SMILES string of the molecule is CCOC(=O)CC[C@@](N)(CC(C)C)C(=O)OC(C)(C)C. The van der Waals surface area contributed by atoms with Crippen molar-refractivity contribution in [2.45, 2.75) is 71.9 Å². The van der Waals surface area contributed by atoms with Crippen molar-refractivity contribution in [1.82, 2.24) is 0 Å². The highest BCUT2D eigenvalue weighted by Crippen LogP contribution is 2.24. The first kappa shape index (κ1) is 18.9. The van der Waals surface area contributed by atoms with Gasteiger partial charge < -0.3 is 15.2 Å². The zero-order valence-corrected chi connectivity index (χ0v) is 13.6. The lowest BCUT2D eigenvalue weighted by molar-refractivity contribution is -0.163. The van der Waals surface area contributed by atoms with Gasteiger partial charge in [-0.2, -0.15) is 0 Å². The minimum Gasteiger partial charge on any atom is -0.466 e. The summed E-state index contributed by atoms with van der Waals surface area (Å²) in [5.74, 6) is -0.563. The van der Waals surface area contributed by atoms with E-state index in [1.807, 2.05) is 13.8 Å². The van der Waals surface area contributed by atoms with Crippen LogP contribution in [0, 0.1) is 5.92 Å². The van der Waals surface area contributed by atoms with Crippen LogP contribution < -0.4 is 5.73 Å². The van der Waals surface area contributed by atoms with E-state index in [4.69, 9.17) is 15.2 Å². The largest absolute Gasteiger partial charge is 0.466 e. The number of esters is 2. The van der Waals surface area contributed by atoms with E-state index < -0.39 is 17.1 Å². The van der Waals surface area contributed by atoms with E-state index in [-0.39, 0.29) is 24.7 Å². The molecule has 0 radical (unpaired) electrons. The Morgan fingerprint density at radius 1 is 1.20 bits per heavy atom. The van der Waals surface area contributed by atoms with E-state index in [2.05, 4.69) is 0 Å². The van der Waals surface area contributed by atoms with E-state index in [9.17, 15) is 9.59 Å². The van der Waals surface area contributed by atoms with Crippen LogP contribution >= 0.6 is 0 Å². The van der Waals surface area contributed by atoms with Crippen molar-refractivity contribution in [3.05, 3.63) is 0 Å². The summed E-state index contributed by atoms with van der Waals surface area (Å²) in [6.07, 6.45) is 0.830. The molecule has 0 amide bonds. The van der Waals surface area contributed by atoms with Crippen LogP contribution in [0.15, 0.2) is 0 Å². The molecule has 1 atom stereocenters. The Kier molecular flexibility index (Phi) is 7.20. The van der Waals surface area contributed by atoms with Crippen LogP contribution in [0.3, 0.4) is 0 Å². The van der Waals surface area contributed by atoms with Crippen molar-refractivity contribution in [2.75, 3.05) is 6.61 Å². The van der Waals surface area contributed by atoms with Gasteiger partial charge in [-0.05, 0) is 46.5 Å². The molecule has 2 N–H and O–H groups in total. The van der Waals surface area contributed by atoms with Crippen molar-refractivity contribution in [2.24, 2.45) is 11.7 Å². The van der Waals surface area contributed by atoms with Crippen molar-refractivity contribution in [1.29, 1.82) is 0 Å². The van der Waals surface area contributed by atoms with E-state index in [0.717, 1.165) is 0 Å². The molecule has 0 aromatic carbocycles. The Labute approximate surface area is 122 Å². The summed E-state index contributed by atoms with van der Waals surface area (Å²) in [5, 5.41) is 0. The fraction of sp³-hybridized carbons (Fsp3) is 0.867. The van der Waals surface area contributed by atoms with Gasteiger partial charge in [-0.1, -0.05) is 13.8 Å². The minimum atomic E-state index is -1.14. The maximum Gasteiger partial charge on any atom is 0.326 e. The van der Waals surface area contributed by atoms with Crippen LogP contribution in [-0.2, 0) is 19.1 Å². The topological polar surface area (TPSA) is 78.6 Å². The lowest BCUT2D eigenvalue weighted by atomic mass is 9.85. The van der Waals surface area contributed by atoms with Gasteiger partial charge in [-0.3, -0.25) is 9.59 Å². The summed E-state index contributed by atoms with van der Waals surface area (Å²) in [5.41, 5.74) is 4.47. The molecule has 0 rings (SSSR count). The molecule has 0 bridgehead atoms. The van der Waals surface area contributed by atoms with Crippen LogP contribution in [0.2, 0.25) is 0 Å². The molecule has 118 valence electrons. The monoisotopic (exact) mass is 287 g/mol. The Hall–Kier alpha value is -1.10. The number of ether oxygens (including phenoxy) is 2. The Morgan fingerprint density at radius 2 is 1.75 bits per heavy atom. The molecule has 0 aromatic heterocycles.